The van der Waals surface area contributed by atoms with Crippen molar-refractivity contribution in [3.63, 3.8) is 0 Å². The zero-order valence-electron chi connectivity index (χ0n) is 13.9. The van der Waals surface area contributed by atoms with Crippen LogP contribution in [0.5, 0.6) is 0 Å². The molecular formula is C17H26N6. The van der Waals surface area contributed by atoms with E-state index in [0.29, 0.717) is 6.04 Å². The molecule has 1 fully saturated rings. The van der Waals surface area contributed by atoms with Crippen LogP contribution in [0.4, 0.5) is 0 Å². The quantitative estimate of drug-likeness (QED) is 0.940. The van der Waals surface area contributed by atoms with Gasteiger partial charge in [0.05, 0.1) is 5.69 Å². The van der Waals surface area contributed by atoms with Crippen LogP contribution in [0.2, 0.25) is 0 Å². The molecule has 2 aliphatic heterocycles. The van der Waals surface area contributed by atoms with Gasteiger partial charge in [-0.3, -0.25) is 4.68 Å². The average molecular weight is 314 g/mol. The van der Waals surface area contributed by atoms with Crippen LogP contribution in [0.3, 0.4) is 0 Å². The molecule has 6 nitrogen and oxygen atoms in total. The molecule has 0 saturated carbocycles. The molecule has 4 rings (SSSR count). The summed E-state index contributed by atoms with van der Waals surface area (Å²) < 4.78 is 4.49. The van der Waals surface area contributed by atoms with Crippen molar-refractivity contribution < 1.29 is 0 Å². The second kappa shape index (κ2) is 6.45. The van der Waals surface area contributed by atoms with Crippen LogP contribution in [0, 0.1) is 0 Å². The van der Waals surface area contributed by atoms with Gasteiger partial charge in [0.15, 0.2) is 5.82 Å². The molecule has 1 saturated heterocycles. The normalized spacial score (nSPS) is 22.7. The number of likely N-dealkylation sites (tertiary alicyclic amines) is 1. The maximum atomic E-state index is 4.83. The molecule has 124 valence electrons. The Kier molecular flexibility index (Phi) is 4.18. The van der Waals surface area contributed by atoms with Gasteiger partial charge in [0.2, 0.25) is 0 Å². The van der Waals surface area contributed by atoms with Crippen LogP contribution in [-0.2, 0) is 13.1 Å². The second-order valence-electron chi connectivity index (χ2n) is 6.62. The molecule has 0 amide bonds. The molecule has 0 bridgehead atoms. The first kappa shape index (κ1) is 14.9. The Morgan fingerprint density at radius 2 is 2.26 bits per heavy atom. The van der Waals surface area contributed by atoms with Gasteiger partial charge in [-0.15, -0.1) is 0 Å². The lowest BCUT2D eigenvalue weighted by molar-refractivity contribution is 0.186. The smallest absolute Gasteiger partial charge is 0.160 e. The molecule has 1 N–H and O–H groups in total. The summed E-state index contributed by atoms with van der Waals surface area (Å²) in [6.07, 6.45) is 7.68. The summed E-state index contributed by atoms with van der Waals surface area (Å²) in [5, 5.41) is 8.29. The number of hydrogen-bond acceptors (Lipinski definition) is 4. The molecule has 2 aromatic heterocycles. The molecule has 0 aromatic carbocycles. The predicted molar refractivity (Wildman–Crippen MR) is 90.2 cm³/mol. The fourth-order valence-electron chi connectivity index (χ4n) is 3.82. The number of nitrogens with one attached hydrogen (secondary N) is 1. The summed E-state index contributed by atoms with van der Waals surface area (Å²) in [6, 6.07) is 2.72. The third-order valence-electron chi connectivity index (χ3n) is 5.11. The number of aromatic nitrogens is 4. The van der Waals surface area contributed by atoms with Crippen LogP contribution >= 0.6 is 0 Å². The monoisotopic (exact) mass is 314 g/mol. The molecule has 0 aliphatic carbocycles. The Labute approximate surface area is 137 Å². The van der Waals surface area contributed by atoms with Crippen molar-refractivity contribution in [3.05, 3.63) is 24.2 Å². The van der Waals surface area contributed by atoms with Gasteiger partial charge in [0.25, 0.3) is 0 Å². The minimum atomic E-state index is 0.515. The van der Waals surface area contributed by atoms with Crippen molar-refractivity contribution >= 4 is 0 Å². The van der Waals surface area contributed by atoms with Crippen molar-refractivity contribution in [2.24, 2.45) is 0 Å². The Bertz CT molecular complexity index is 634. The molecule has 0 radical (unpaired) electrons. The largest absolute Gasteiger partial charge is 0.325 e. The van der Waals surface area contributed by atoms with E-state index in [2.05, 4.69) is 43.6 Å². The van der Waals surface area contributed by atoms with Crippen LogP contribution < -0.4 is 5.32 Å². The van der Waals surface area contributed by atoms with E-state index in [9.17, 15) is 0 Å². The Morgan fingerprint density at radius 3 is 3.17 bits per heavy atom. The van der Waals surface area contributed by atoms with Gasteiger partial charge >= 0.3 is 0 Å². The third-order valence-corrected chi connectivity index (χ3v) is 5.11. The first-order chi connectivity index (χ1) is 11.3. The van der Waals surface area contributed by atoms with Gasteiger partial charge in [0.1, 0.15) is 5.69 Å². The van der Waals surface area contributed by atoms with Crippen LogP contribution in [0.1, 0.15) is 37.9 Å². The average Bonchev–Trinajstić information content (AvgIpc) is 3.17. The summed E-state index contributed by atoms with van der Waals surface area (Å²) in [5.41, 5.74) is 2.29. The summed E-state index contributed by atoms with van der Waals surface area (Å²) >= 11 is 0. The van der Waals surface area contributed by atoms with E-state index in [1.54, 1.807) is 0 Å². The standard InChI is InChI=1S/C17H26N6/c1-2-21-8-3-5-14(13-21)22-10-7-19-17(22)16-11-15-12-18-6-4-9-23(15)20-16/h7,10-11,14,18H,2-6,8-9,12-13H2,1H3. The molecule has 1 unspecified atom stereocenters. The molecule has 6 heteroatoms. The van der Waals surface area contributed by atoms with Gasteiger partial charge in [-0.05, 0) is 45.0 Å². The first-order valence-corrected chi connectivity index (χ1v) is 8.88. The fraction of sp³-hybridized carbons (Fsp3) is 0.647. The van der Waals surface area contributed by atoms with Crippen molar-refractivity contribution in [1.82, 2.24) is 29.5 Å². The summed E-state index contributed by atoms with van der Waals surface area (Å²) in [7, 11) is 0. The van der Waals surface area contributed by atoms with Gasteiger partial charge in [0, 0.05) is 38.1 Å². The van der Waals surface area contributed by atoms with E-state index in [1.165, 1.54) is 25.1 Å². The van der Waals surface area contributed by atoms with Gasteiger partial charge in [-0.1, -0.05) is 6.92 Å². The molecule has 23 heavy (non-hydrogen) atoms. The van der Waals surface area contributed by atoms with E-state index in [-0.39, 0.29) is 0 Å². The fourth-order valence-corrected chi connectivity index (χ4v) is 3.82. The topological polar surface area (TPSA) is 50.9 Å². The Morgan fingerprint density at radius 1 is 1.30 bits per heavy atom. The lowest BCUT2D eigenvalue weighted by atomic mass is 10.1. The number of fused-ring (bicyclic) bond motifs is 1. The number of likely N-dealkylation sites (N-methyl/N-ethyl adjacent to an activating group) is 1. The van der Waals surface area contributed by atoms with E-state index in [4.69, 9.17) is 5.10 Å². The predicted octanol–water partition coefficient (Wildman–Crippen LogP) is 1.90. The number of imidazole rings is 1. The lowest BCUT2D eigenvalue weighted by Gasteiger charge is -2.33. The minimum absolute atomic E-state index is 0.515. The van der Waals surface area contributed by atoms with Gasteiger partial charge in [-0.25, -0.2) is 4.98 Å². The molecule has 2 aromatic rings. The summed E-state index contributed by atoms with van der Waals surface area (Å²) in [4.78, 5) is 7.16. The Hall–Kier alpha value is -1.66. The van der Waals surface area contributed by atoms with Crippen molar-refractivity contribution in [2.45, 2.75) is 45.3 Å². The number of hydrogen-bond donors (Lipinski definition) is 1. The van der Waals surface area contributed by atoms with E-state index < -0.39 is 0 Å². The van der Waals surface area contributed by atoms with E-state index in [0.717, 1.165) is 50.7 Å². The highest BCUT2D eigenvalue weighted by Crippen LogP contribution is 2.27. The van der Waals surface area contributed by atoms with Crippen LogP contribution in [0.15, 0.2) is 18.5 Å². The summed E-state index contributed by atoms with van der Waals surface area (Å²) in [5.74, 6) is 1.02. The minimum Gasteiger partial charge on any atom is -0.325 e. The highest BCUT2D eigenvalue weighted by Gasteiger charge is 2.24. The van der Waals surface area contributed by atoms with Crippen LogP contribution in [-0.4, -0.2) is 50.4 Å². The number of rotatable bonds is 3. The molecular weight excluding hydrogens is 288 g/mol. The van der Waals surface area contributed by atoms with E-state index >= 15 is 0 Å². The number of aryl methyl sites for hydroxylation is 1. The third kappa shape index (κ3) is 2.93. The maximum Gasteiger partial charge on any atom is 0.160 e. The van der Waals surface area contributed by atoms with Crippen molar-refractivity contribution in [1.29, 1.82) is 0 Å². The maximum absolute atomic E-state index is 4.83. The number of nitrogens with zero attached hydrogens (tertiary/aromatic N) is 5. The Balaban J connectivity index is 1.62. The summed E-state index contributed by atoms with van der Waals surface area (Å²) in [6.45, 7) is 8.69. The first-order valence-electron chi connectivity index (χ1n) is 8.88. The van der Waals surface area contributed by atoms with Gasteiger partial charge in [-0.2, -0.15) is 5.10 Å². The second-order valence-corrected chi connectivity index (χ2v) is 6.62. The number of piperidine rings is 1. The molecule has 2 aliphatic rings. The highest BCUT2D eigenvalue weighted by molar-refractivity contribution is 5.50. The van der Waals surface area contributed by atoms with Crippen molar-refractivity contribution in [3.8, 4) is 11.5 Å². The van der Waals surface area contributed by atoms with Crippen LogP contribution in [0.25, 0.3) is 11.5 Å². The van der Waals surface area contributed by atoms with E-state index in [1.807, 2.05) is 6.20 Å². The molecule has 0 spiro atoms. The lowest BCUT2D eigenvalue weighted by Crippen LogP contribution is -2.36. The zero-order valence-corrected chi connectivity index (χ0v) is 13.9. The van der Waals surface area contributed by atoms with Gasteiger partial charge < -0.3 is 14.8 Å². The highest BCUT2D eigenvalue weighted by atomic mass is 15.3. The SMILES string of the molecule is CCN1CCCC(n2ccnc2-c2cc3n(n2)CCCNC3)C1. The zero-order chi connectivity index (χ0) is 15.6. The molecule has 1 atom stereocenters. The molecule has 4 heterocycles. The van der Waals surface area contributed by atoms with Crippen molar-refractivity contribution in [2.75, 3.05) is 26.2 Å².